The van der Waals surface area contributed by atoms with Gasteiger partial charge in [-0.1, -0.05) is 6.58 Å². The van der Waals surface area contributed by atoms with E-state index < -0.39 is 6.09 Å². The van der Waals surface area contributed by atoms with Gasteiger partial charge in [0.1, 0.15) is 0 Å². The summed E-state index contributed by atoms with van der Waals surface area (Å²) >= 11 is 0. The Labute approximate surface area is 95.6 Å². The molecular weight excluding hydrogens is 210 g/mol. The van der Waals surface area contributed by atoms with Gasteiger partial charge >= 0.3 is 12.1 Å². The van der Waals surface area contributed by atoms with Gasteiger partial charge < -0.3 is 15.2 Å². The number of hydrogen-bond acceptors (Lipinski definition) is 4. The zero-order valence-electron chi connectivity index (χ0n) is 9.66. The lowest BCUT2D eigenvalue weighted by atomic mass is 10.2. The lowest BCUT2D eigenvalue weighted by Gasteiger charge is -2.04. The summed E-state index contributed by atoms with van der Waals surface area (Å²) in [6, 6.07) is 0. The van der Waals surface area contributed by atoms with Crippen molar-refractivity contribution in [3.63, 3.8) is 0 Å². The molecular formula is C11H19NO4. The number of carbonyl (C=O) groups excluding carboxylic acids is 2. The van der Waals surface area contributed by atoms with Gasteiger partial charge in [-0.3, -0.25) is 0 Å². The standard InChI is InChI=1S/C11H19NO4/c1-9(2)10(13)15-7-5-3-4-6-8-16-11(12)14/h1,3-8H2,2H3,(H2,12,14). The third-order valence-corrected chi connectivity index (χ3v) is 1.86. The fraction of sp³-hybridized carbons (Fsp3) is 0.636. The summed E-state index contributed by atoms with van der Waals surface area (Å²) in [4.78, 5) is 21.2. The number of amides is 1. The van der Waals surface area contributed by atoms with Crippen LogP contribution in [0.4, 0.5) is 4.79 Å². The molecule has 0 spiro atoms. The number of unbranched alkanes of at least 4 members (excludes halogenated alkanes) is 3. The fourth-order valence-electron chi connectivity index (χ4n) is 1.02. The molecule has 0 saturated carbocycles. The normalized spacial score (nSPS) is 9.56. The highest BCUT2D eigenvalue weighted by Gasteiger charge is 2.01. The molecule has 0 aromatic carbocycles. The first-order valence-corrected chi connectivity index (χ1v) is 5.29. The van der Waals surface area contributed by atoms with E-state index in [9.17, 15) is 9.59 Å². The van der Waals surface area contributed by atoms with Gasteiger partial charge in [0.15, 0.2) is 0 Å². The van der Waals surface area contributed by atoms with Crippen LogP contribution in [-0.4, -0.2) is 25.3 Å². The third-order valence-electron chi connectivity index (χ3n) is 1.86. The molecule has 0 saturated heterocycles. The van der Waals surface area contributed by atoms with Gasteiger partial charge in [-0.2, -0.15) is 0 Å². The Kier molecular flexibility index (Phi) is 7.93. The molecule has 0 aromatic heterocycles. The molecule has 0 aliphatic carbocycles. The number of nitrogens with two attached hydrogens (primary N) is 1. The molecule has 1 amide bonds. The van der Waals surface area contributed by atoms with E-state index in [4.69, 9.17) is 10.5 Å². The number of ether oxygens (including phenoxy) is 2. The molecule has 0 unspecified atom stereocenters. The predicted octanol–water partition coefficient (Wildman–Crippen LogP) is 1.76. The van der Waals surface area contributed by atoms with Gasteiger partial charge in [0, 0.05) is 5.57 Å². The maximum atomic E-state index is 11.0. The van der Waals surface area contributed by atoms with Crippen LogP contribution >= 0.6 is 0 Å². The Balaban J connectivity index is 3.19. The second kappa shape index (κ2) is 8.76. The summed E-state index contributed by atoms with van der Waals surface area (Å²) in [5, 5.41) is 0. The van der Waals surface area contributed by atoms with Crippen LogP contribution in [0.15, 0.2) is 12.2 Å². The van der Waals surface area contributed by atoms with Crippen LogP contribution in [0.3, 0.4) is 0 Å². The quantitative estimate of drug-likeness (QED) is 0.391. The molecule has 5 nitrogen and oxygen atoms in total. The van der Waals surface area contributed by atoms with Gasteiger partial charge in [0.25, 0.3) is 0 Å². The van der Waals surface area contributed by atoms with Crippen LogP contribution < -0.4 is 5.73 Å². The summed E-state index contributed by atoms with van der Waals surface area (Å²) in [5.74, 6) is -0.350. The zero-order chi connectivity index (χ0) is 12.4. The fourth-order valence-corrected chi connectivity index (χ4v) is 1.02. The highest BCUT2D eigenvalue weighted by Crippen LogP contribution is 2.01. The van der Waals surface area contributed by atoms with E-state index in [1.165, 1.54) is 0 Å². The van der Waals surface area contributed by atoms with Gasteiger partial charge in [0.2, 0.25) is 0 Å². The van der Waals surface area contributed by atoms with Crippen LogP contribution in [0.25, 0.3) is 0 Å². The van der Waals surface area contributed by atoms with E-state index in [0.717, 1.165) is 25.7 Å². The molecule has 0 aliphatic heterocycles. The monoisotopic (exact) mass is 229 g/mol. The maximum Gasteiger partial charge on any atom is 0.404 e. The minimum atomic E-state index is -0.740. The van der Waals surface area contributed by atoms with E-state index in [1.54, 1.807) is 6.92 Å². The lowest BCUT2D eigenvalue weighted by molar-refractivity contribution is -0.139. The molecule has 0 rings (SSSR count). The minimum absolute atomic E-state index is 0.348. The third kappa shape index (κ3) is 9.05. The molecule has 16 heavy (non-hydrogen) atoms. The minimum Gasteiger partial charge on any atom is -0.462 e. The Morgan fingerprint density at radius 2 is 1.56 bits per heavy atom. The van der Waals surface area contributed by atoms with Crippen molar-refractivity contribution in [1.29, 1.82) is 0 Å². The molecule has 0 heterocycles. The van der Waals surface area contributed by atoms with E-state index in [-0.39, 0.29) is 5.97 Å². The van der Waals surface area contributed by atoms with E-state index >= 15 is 0 Å². The summed E-state index contributed by atoms with van der Waals surface area (Å²) < 4.78 is 9.46. The molecule has 2 N–H and O–H groups in total. The molecule has 92 valence electrons. The molecule has 5 heteroatoms. The Bertz CT molecular complexity index is 250. The topological polar surface area (TPSA) is 78.6 Å². The van der Waals surface area contributed by atoms with Crippen molar-refractivity contribution in [2.75, 3.05) is 13.2 Å². The maximum absolute atomic E-state index is 11.0. The average molecular weight is 229 g/mol. The molecule has 0 atom stereocenters. The second-order valence-corrected chi connectivity index (χ2v) is 3.50. The van der Waals surface area contributed by atoms with E-state index in [2.05, 4.69) is 11.3 Å². The Morgan fingerprint density at radius 3 is 2.00 bits per heavy atom. The first-order valence-electron chi connectivity index (χ1n) is 5.29. The van der Waals surface area contributed by atoms with Crippen LogP contribution in [-0.2, 0) is 14.3 Å². The summed E-state index contributed by atoms with van der Waals surface area (Å²) in [6.45, 7) is 5.84. The molecule has 0 aliphatic rings. The SMILES string of the molecule is C=C(C)C(=O)OCCCCCCOC(N)=O. The van der Waals surface area contributed by atoms with Crippen LogP contribution in [0.5, 0.6) is 0 Å². The van der Waals surface area contributed by atoms with Crippen LogP contribution in [0, 0.1) is 0 Å². The molecule has 0 radical (unpaired) electrons. The molecule has 0 bridgehead atoms. The number of esters is 1. The highest BCUT2D eigenvalue weighted by atomic mass is 16.5. The lowest BCUT2D eigenvalue weighted by Crippen LogP contribution is -2.13. The van der Waals surface area contributed by atoms with E-state index in [1.807, 2.05) is 0 Å². The van der Waals surface area contributed by atoms with Gasteiger partial charge in [-0.25, -0.2) is 9.59 Å². The van der Waals surface area contributed by atoms with E-state index in [0.29, 0.717) is 18.8 Å². The van der Waals surface area contributed by atoms with Crippen molar-refractivity contribution in [2.45, 2.75) is 32.6 Å². The van der Waals surface area contributed by atoms with Crippen molar-refractivity contribution < 1.29 is 19.1 Å². The second-order valence-electron chi connectivity index (χ2n) is 3.50. The Hall–Kier alpha value is -1.52. The number of hydrogen-bond donors (Lipinski definition) is 1. The number of carbonyl (C=O) groups is 2. The number of rotatable bonds is 8. The predicted molar refractivity (Wildman–Crippen MR) is 59.8 cm³/mol. The van der Waals surface area contributed by atoms with Crippen LogP contribution in [0.1, 0.15) is 32.6 Å². The molecule has 0 fully saturated rings. The van der Waals surface area contributed by atoms with Gasteiger partial charge in [0.05, 0.1) is 13.2 Å². The average Bonchev–Trinajstić information content (AvgIpc) is 2.21. The van der Waals surface area contributed by atoms with Crippen LogP contribution in [0.2, 0.25) is 0 Å². The smallest absolute Gasteiger partial charge is 0.404 e. The van der Waals surface area contributed by atoms with Crippen molar-refractivity contribution in [1.82, 2.24) is 0 Å². The summed E-state index contributed by atoms with van der Waals surface area (Å²) in [7, 11) is 0. The van der Waals surface area contributed by atoms with Gasteiger partial charge in [-0.05, 0) is 32.6 Å². The van der Waals surface area contributed by atoms with Crippen molar-refractivity contribution >= 4 is 12.1 Å². The van der Waals surface area contributed by atoms with Crippen molar-refractivity contribution in [3.05, 3.63) is 12.2 Å². The first kappa shape index (κ1) is 14.5. The van der Waals surface area contributed by atoms with Gasteiger partial charge in [-0.15, -0.1) is 0 Å². The van der Waals surface area contributed by atoms with Crippen molar-refractivity contribution in [2.24, 2.45) is 5.73 Å². The van der Waals surface area contributed by atoms with Crippen molar-refractivity contribution in [3.8, 4) is 0 Å². The number of primary amides is 1. The highest BCUT2D eigenvalue weighted by molar-refractivity contribution is 5.86. The molecule has 0 aromatic rings. The summed E-state index contributed by atoms with van der Waals surface area (Å²) in [6.07, 6.45) is 2.67. The largest absolute Gasteiger partial charge is 0.462 e. The Morgan fingerprint density at radius 1 is 1.06 bits per heavy atom. The first-order chi connectivity index (χ1) is 7.54. The summed E-state index contributed by atoms with van der Waals surface area (Å²) in [5.41, 5.74) is 5.20. The zero-order valence-corrected chi connectivity index (χ0v) is 9.66.